The van der Waals surface area contributed by atoms with Crippen LogP contribution in [-0.2, 0) is 9.53 Å². The van der Waals surface area contributed by atoms with Crippen LogP contribution in [-0.4, -0.2) is 25.1 Å². The molecule has 2 aromatic rings. The molecule has 0 radical (unpaired) electrons. The largest absolute Gasteiger partial charge is 0.490 e. The van der Waals surface area contributed by atoms with Gasteiger partial charge in [-0.15, -0.1) is 11.3 Å². The van der Waals surface area contributed by atoms with E-state index in [0.29, 0.717) is 34.6 Å². The van der Waals surface area contributed by atoms with Crippen molar-refractivity contribution < 1.29 is 19.0 Å². The number of aliphatic imine (C=N–C) groups is 1. The minimum absolute atomic E-state index is 0.236. The summed E-state index contributed by atoms with van der Waals surface area (Å²) in [6.45, 7) is 4.83. The lowest BCUT2D eigenvalue weighted by Gasteiger charge is -2.11. The Labute approximate surface area is 154 Å². The summed E-state index contributed by atoms with van der Waals surface area (Å²) < 4.78 is 17.1. The minimum atomic E-state index is -0.494. The summed E-state index contributed by atoms with van der Waals surface area (Å²) in [4.78, 5) is 17.2. The molecule has 0 saturated heterocycles. The highest BCUT2D eigenvalue weighted by Crippen LogP contribution is 2.31. The Morgan fingerprint density at radius 2 is 1.92 bits per heavy atom. The second-order valence-corrected chi connectivity index (χ2v) is 6.75. The highest BCUT2D eigenvalue weighted by Gasteiger charge is 2.25. The third-order valence-corrected chi connectivity index (χ3v) is 4.46. The molecule has 1 aromatic carbocycles. The van der Waals surface area contributed by atoms with Gasteiger partial charge in [-0.05, 0) is 50.3 Å². The van der Waals surface area contributed by atoms with E-state index in [-0.39, 0.29) is 11.6 Å². The molecule has 3 rings (SSSR count). The van der Waals surface area contributed by atoms with Gasteiger partial charge in [-0.1, -0.05) is 11.6 Å². The molecule has 1 aliphatic rings. The Kier molecular flexibility index (Phi) is 5.40. The molecule has 0 amide bonds. The predicted octanol–water partition coefficient (Wildman–Crippen LogP) is 4.54. The van der Waals surface area contributed by atoms with Crippen molar-refractivity contribution in [2.75, 3.05) is 13.2 Å². The van der Waals surface area contributed by atoms with Crippen LogP contribution in [0.2, 0.25) is 4.34 Å². The van der Waals surface area contributed by atoms with E-state index in [1.54, 1.807) is 30.3 Å². The maximum atomic E-state index is 12.1. The monoisotopic (exact) mass is 377 g/mol. The first-order valence-electron chi connectivity index (χ1n) is 7.78. The van der Waals surface area contributed by atoms with Gasteiger partial charge in [-0.3, -0.25) is 0 Å². The van der Waals surface area contributed by atoms with Gasteiger partial charge in [0.25, 0.3) is 0 Å². The topological polar surface area (TPSA) is 57.1 Å². The molecule has 0 bridgehead atoms. The summed E-state index contributed by atoms with van der Waals surface area (Å²) in [7, 11) is 0. The van der Waals surface area contributed by atoms with E-state index >= 15 is 0 Å². The van der Waals surface area contributed by atoms with Crippen molar-refractivity contribution in [3.05, 3.63) is 50.8 Å². The standard InChI is InChI=1S/C18H16ClNO4S/c1-3-22-14-7-5-11(9-15(14)23-4-2)17-20-13(18(21)24-17)10-12-6-8-16(19)25-12/h5-10H,3-4H2,1-2H3/b13-10-. The molecular formula is C18H16ClNO4S. The zero-order valence-corrected chi connectivity index (χ0v) is 15.3. The van der Waals surface area contributed by atoms with Crippen LogP contribution >= 0.6 is 22.9 Å². The number of thiophene rings is 1. The molecule has 7 heteroatoms. The molecule has 25 heavy (non-hydrogen) atoms. The van der Waals surface area contributed by atoms with Gasteiger partial charge in [0.15, 0.2) is 17.2 Å². The van der Waals surface area contributed by atoms with Crippen LogP contribution in [0.4, 0.5) is 0 Å². The maximum Gasteiger partial charge on any atom is 0.363 e. The van der Waals surface area contributed by atoms with E-state index in [2.05, 4.69) is 4.99 Å². The second-order valence-electron chi connectivity index (χ2n) is 5.01. The van der Waals surface area contributed by atoms with Crippen LogP contribution in [0, 0.1) is 0 Å². The average molecular weight is 378 g/mol. The molecule has 0 spiro atoms. The van der Waals surface area contributed by atoms with Crippen molar-refractivity contribution >= 4 is 40.9 Å². The Bertz CT molecular complexity index is 857. The molecule has 0 fully saturated rings. The lowest BCUT2D eigenvalue weighted by molar-refractivity contribution is -0.129. The normalized spacial score (nSPS) is 15.2. The molecular weight excluding hydrogens is 362 g/mol. The Hall–Kier alpha value is -2.31. The van der Waals surface area contributed by atoms with Crippen molar-refractivity contribution in [2.45, 2.75) is 13.8 Å². The van der Waals surface area contributed by atoms with E-state index in [0.717, 1.165) is 4.88 Å². The number of cyclic esters (lactones) is 1. The number of halogens is 1. The molecule has 0 saturated carbocycles. The predicted molar refractivity (Wildman–Crippen MR) is 98.7 cm³/mol. The zero-order chi connectivity index (χ0) is 17.8. The molecule has 0 atom stereocenters. The number of ether oxygens (including phenoxy) is 3. The summed E-state index contributed by atoms with van der Waals surface area (Å²) in [5.41, 5.74) is 0.883. The summed E-state index contributed by atoms with van der Waals surface area (Å²) >= 11 is 7.27. The summed E-state index contributed by atoms with van der Waals surface area (Å²) in [5.74, 6) is 0.972. The van der Waals surface area contributed by atoms with Crippen LogP contribution in [0.15, 0.2) is 41.0 Å². The van der Waals surface area contributed by atoms with E-state index in [1.807, 2.05) is 19.9 Å². The molecule has 5 nitrogen and oxygen atoms in total. The number of hydrogen-bond donors (Lipinski definition) is 0. The van der Waals surface area contributed by atoms with Crippen LogP contribution in [0.25, 0.3) is 6.08 Å². The lowest BCUT2D eigenvalue weighted by Crippen LogP contribution is -2.06. The van der Waals surface area contributed by atoms with E-state index in [9.17, 15) is 4.79 Å². The molecule has 0 aliphatic carbocycles. The fraction of sp³-hybridized carbons (Fsp3) is 0.222. The minimum Gasteiger partial charge on any atom is -0.490 e. The number of rotatable bonds is 6. The van der Waals surface area contributed by atoms with E-state index in [1.165, 1.54) is 11.3 Å². The second kappa shape index (κ2) is 7.72. The maximum absolute atomic E-state index is 12.1. The quantitative estimate of drug-likeness (QED) is 0.547. The summed E-state index contributed by atoms with van der Waals surface area (Å²) in [6.07, 6.45) is 1.66. The molecule has 0 N–H and O–H groups in total. The van der Waals surface area contributed by atoms with Gasteiger partial charge in [-0.2, -0.15) is 0 Å². The van der Waals surface area contributed by atoms with Crippen LogP contribution < -0.4 is 9.47 Å². The lowest BCUT2D eigenvalue weighted by atomic mass is 10.2. The van der Waals surface area contributed by atoms with Crippen molar-refractivity contribution in [1.29, 1.82) is 0 Å². The highest BCUT2D eigenvalue weighted by molar-refractivity contribution is 7.17. The number of carbonyl (C=O) groups is 1. The number of benzene rings is 1. The first-order valence-corrected chi connectivity index (χ1v) is 8.98. The van der Waals surface area contributed by atoms with Gasteiger partial charge in [0, 0.05) is 10.4 Å². The number of hydrogen-bond acceptors (Lipinski definition) is 6. The van der Waals surface area contributed by atoms with Gasteiger partial charge >= 0.3 is 5.97 Å². The molecule has 2 heterocycles. The van der Waals surface area contributed by atoms with E-state index in [4.69, 9.17) is 25.8 Å². The summed E-state index contributed by atoms with van der Waals surface area (Å²) in [5, 5.41) is 0. The van der Waals surface area contributed by atoms with Crippen molar-refractivity contribution in [1.82, 2.24) is 0 Å². The van der Waals surface area contributed by atoms with E-state index < -0.39 is 5.97 Å². The third-order valence-electron chi connectivity index (χ3n) is 3.28. The smallest absolute Gasteiger partial charge is 0.363 e. The van der Waals surface area contributed by atoms with Crippen molar-refractivity contribution in [2.24, 2.45) is 4.99 Å². The first kappa shape index (κ1) is 17.5. The van der Waals surface area contributed by atoms with Crippen LogP contribution in [0.5, 0.6) is 11.5 Å². The molecule has 0 unspecified atom stereocenters. The molecule has 1 aliphatic heterocycles. The van der Waals surface area contributed by atoms with Gasteiger partial charge < -0.3 is 14.2 Å². The molecule has 130 valence electrons. The van der Waals surface area contributed by atoms with Crippen molar-refractivity contribution in [3.63, 3.8) is 0 Å². The van der Waals surface area contributed by atoms with Crippen molar-refractivity contribution in [3.8, 4) is 11.5 Å². The highest BCUT2D eigenvalue weighted by atomic mass is 35.5. The Balaban J connectivity index is 1.91. The fourth-order valence-electron chi connectivity index (χ4n) is 2.26. The Morgan fingerprint density at radius 3 is 2.60 bits per heavy atom. The summed E-state index contributed by atoms with van der Waals surface area (Å²) in [6, 6.07) is 8.91. The first-order chi connectivity index (χ1) is 12.1. The van der Waals surface area contributed by atoms with Gasteiger partial charge in [0.1, 0.15) is 0 Å². The van der Waals surface area contributed by atoms with Crippen LogP contribution in [0.1, 0.15) is 24.3 Å². The van der Waals surface area contributed by atoms with Crippen LogP contribution in [0.3, 0.4) is 0 Å². The SMILES string of the molecule is CCOc1ccc(C2=N/C(=C\c3ccc(Cl)s3)C(=O)O2)cc1OCC. The van der Waals surface area contributed by atoms with Gasteiger partial charge in [-0.25, -0.2) is 9.79 Å². The third kappa shape index (κ3) is 4.03. The molecule has 1 aromatic heterocycles. The number of nitrogens with zero attached hydrogens (tertiary/aromatic N) is 1. The zero-order valence-electron chi connectivity index (χ0n) is 13.7. The number of esters is 1. The van der Waals surface area contributed by atoms with Gasteiger partial charge in [0.2, 0.25) is 5.90 Å². The van der Waals surface area contributed by atoms with Gasteiger partial charge in [0.05, 0.1) is 17.6 Å². The Morgan fingerprint density at radius 1 is 1.16 bits per heavy atom. The average Bonchev–Trinajstić information content (AvgIpc) is 3.16. The fourth-order valence-corrected chi connectivity index (χ4v) is 3.26. The number of carbonyl (C=O) groups excluding carboxylic acids is 1.